The second-order valence-electron chi connectivity index (χ2n) is 4.44. The van der Waals surface area contributed by atoms with E-state index in [9.17, 15) is 4.79 Å². The van der Waals surface area contributed by atoms with Gasteiger partial charge in [-0.05, 0) is 24.9 Å². The molecule has 3 N–H and O–H groups in total. The van der Waals surface area contributed by atoms with Crippen LogP contribution in [0.25, 0.3) is 0 Å². The molecule has 1 aromatic rings. The predicted octanol–water partition coefficient (Wildman–Crippen LogP) is 1.42. The fourth-order valence-electron chi connectivity index (χ4n) is 1.75. The maximum atomic E-state index is 11.7. The largest absolute Gasteiger partial charge is 0.356 e. The highest BCUT2D eigenvalue weighted by Crippen LogP contribution is 2.13. The number of carbonyl (C=O) groups is 1. The molecule has 0 aliphatic heterocycles. The molecule has 1 heterocycles. The van der Waals surface area contributed by atoms with Crippen molar-refractivity contribution in [2.75, 3.05) is 20.1 Å². The van der Waals surface area contributed by atoms with E-state index >= 15 is 0 Å². The van der Waals surface area contributed by atoms with E-state index in [1.165, 1.54) is 4.88 Å². The fraction of sp³-hybridized carbons (Fsp3) is 0.615. The van der Waals surface area contributed by atoms with Crippen molar-refractivity contribution in [2.45, 2.75) is 32.4 Å². The number of hydrogen-bond donors (Lipinski definition) is 2. The molecule has 0 aliphatic carbocycles. The van der Waals surface area contributed by atoms with Gasteiger partial charge in [0, 0.05) is 37.0 Å². The Hall–Kier alpha value is -0.910. The third kappa shape index (κ3) is 5.16. The van der Waals surface area contributed by atoms with Gasteiger partial charge in [0.2, 0.25) is 5.91 Å². The second kappa shape index (κ2) is 8.24. The smallest absolute Gasteiger partial charge is 0.221 e. The van der Waals surface area contributed by atoms with Gasteiger partial charge >= 0.3 is 0 Å². The number of nitrogens with one attached hydrogen (secondary N) is 1. The van der Waals surface area contributed by atoms with Crippen LogP contribution >= 0.6 is 11.3 Å². The first kappa shape index (κ1) is 15.1. The van der Waals surface area contributed by atoms with Crippen LogP contribution in [0.5, 0.6) is 0 Å². The molecular weight excluding hydrogens is 246 g/mol. The van der Waals surface area contributed by atoms with Gasteiger partial charge in [-0.15, -0.1) is 11.3 Å². The minimum absolute atomic E-state index is 0.0883. The van der Waals surface area contributed by atoms with Crippen LogP contribution in [0.3, 0.4) is 0 Å². The molecule has 1 aromatic heterocycles. The Labute approximate surface area is 113 Å². The zero-order chi connectivity index (χ0) is 13.4. The van der Waals surface area contributed by atoms with Crippen LogP contribution in [0, 0.1) is 0 Å². The van der Waals surface area contributed by atoms with Gasteiger partial charge in [-0.2, -0.15) is 0 Å². The molecule has 0 saturated carbocycles. The summed E-state index contributed by atoms with van der Waals surface area (Å²) >= 11 is 1.73. The van der Waals surface area contributed by atoms with Gasteiger partial charge < -0.3 is 11.1 Å². The van der Waals surface area contributed by atoms with E-state index in [1.807, 2.05) is 20.0 Å². The Morgan fingerprint density at radius 2 is 2.39 bits per heavy atom. The van der Waals surface area contributed by atoms with Crippen molar-refractivity contribution in [3.63, 3.8) is 0 Å². The van der Waals surface area contributed by atoms with Crippen LogP contribution in [0.4, 0.5) is 0 Å². The van der Waals surface area contributed by atoms with E-state index in [0.717, 1.165) is 19.5 Å². The van der Waals surface area contributed by atoms with Crippen molar-refractivity contribution in [1.82, 2.24) is 10.2 Å². The molecular formula is C13H23N3OS. The normalized spacial score (nSPS) is 12.7. The number of nitrogens with two attached hydrogens (primary N) is 1. The summed E-state index contributed by atoms with van der Waals surface area (Å²) in [5, 5.41) is 4.96. The molecule has 5 heteroatoms. The number of amides is 1. The summed E-state index contributed by atoms with van der Waals surface area (Å²) in [6.07, 6.45) is 1.43. The summed E-state index contributed by atoms with van der Waals surface area (Å²) < 4.78 is 0. The lowest BCUT2D eigenvalue weighted by Crippen LogP contribution is -2.41. The number of nitrogens with zero attached hydrogens (tertiary/aromatic N) is 1. The van der Waals surface area contributed by atoms with Gasteiger partial charge in [-0.3, -0.25) is 9.69 Å². The van der Waals surface area contributed by atoms with Crippen molar-refractivity contribution in [2.24, 2.45) is 5.73 Å². The summed E-state index contributed by atoms with van der Waals surface area (Å²) in [6, 6.07) is 4.24. The Kier molecular flexibility index (Phi) is 6.93. The van der Waals surface area contributed by atoms with Gasteiger partial charge in [0.15, 0.2) is 0 Å². The van der Waals surface area contributed by atoms with E-state index in [1.54, 1.807) is 11.3 Å². The molecule has 18 heavy (non-hydrogen) atoms. The predicted molar refractivity (Wildman–Crippen MR) is 76.5 cm³/mol. The Morgan fingerprint density at radius 3 is 2.94 bits per heavy atom. The van der Waals surface area contributed by atoms with Gasteiger partial charge in [-0.1, -0.05) is 13.0 Å². The number of hydrogen-bond acceptors (Lipinski definition) is 4. The maximum Gasteiger partial charge on any atom is 0.221 e. The summed E-state index contributed by atoms with van der Waals surface area (Å²) in [5.74, 6) is 0.0883. The van der Waals surface area contributed by atoms with Crippen LogP contribution in [-0.2, 0) is 11.3 Å². The quantitative estimate of drug-likeness (QED) is 0.750. The van der Waals surface area contributed by atoms with Crippen LogP contribution < -0.4 is 11.1 Å². The summed E-state index contributed by atoms with van der Waals surface area (Å²) in [6.45, 7) is 4.14. The summed E-state index contributed by atoms with van der Waals surface area (Å²) in [7, 11) is 2.02. The van der Waals surface area contributed by atoms with Crippen molar-refractivity contribution >= 4 is 17.2 Å². The second-order valence-corrected chi connectivity index (χ2v) is 5.47. The van der Waals surface area contributed by atoms with Crippen molar-refractivity contribution in [1.29, 1.82) is 0 Å². The lowest BCUT2D eigenvalue weighted by molar-refractivity contribution is -0.122. The zero-order valence-corrected chi connectivity index (χ0v) is 12.0. The first-order valence-corrected chi connectivity index (χ1v) is 7.24. The lowest BCUT2D eigenvalue weighted by Gasteiger charge is -2.26. The SMILES string of the molecule is CCCNC(=O)CC(CN)N(C)Cc1cccs1. The minimum atomic E-state index is 0.0883. The van der Waals surface area contributed by atoms with Gasteiger partial charge in [0.05, 0.1) is 0 Å². The topological polar surface area (TPSA) is 58.4 Å². The third-order valence-electron chi connectivity index (χ3n) is 2.87. The van der Waals surface area contributed by atoms with Crippen molar-refractivity contribution in [3.8, 4) is 0 Å². The molecule has 4 nitrogen and oxygen atoms in total. The molecule has 0 bridgehead atoms. The lowest BCUT2D eigenvalue weighted by atomic mass is 10.1. The zero-order valence-electron chi connectivity index (χ0n) is 11.2. The van der Waals surface area contributed by atoms with Crippen LogP contribution in [0.1, 0.15) is 24.6 Å². The monoisotopic (exact) mass is 269 g/mol. The molecule has 0 radical (unpaired) electrons. The van der Waals surface area contributed by atoms with Gasteiger partial charge in [0.25, 0.3) is 0 Å². The highest BCUT2D eigenvalue weighted by molar-refractivity contribution is 7.09. The Balaban J connectivity index is 2.41. The minimum Gasteiger partial charge on any atom is -0.356 e. The molecule has 0 spiro atoms. The molecule has 102 valence electrons. The first-order chi connectivity index (χ1) is 8.67. The standard InChI is InChI=1S/C13H23N3OS/c1-3-6-15-13(17)8-11(9-14)16(2)10-12-5-4-7-18-12/h4-5,7,11H,3,6,8-10,14H2,1-2H3,(H,15,17). The Morgan fingerprint density at radius 1 is 1.61 bits per heavy atom. The molecule has 1 rings (SSSR count). The maximum absolute atomic E-state index is 11.7. The van der Waals surface area contributed by atoms with Crippen molar-refractivity contribution in [3.05, 3.63) is 22.4 Å². The fourth-order valence-corrected chi connectivity index (χ4v) is 2.51. The summed E-state index contributed by atoms with van der Waals surface area (Å²) in [4.78, 5) is 15.1. The first-order valence-electron chi connectivity index (χ1n) is 6.36. The van der Waals surface area contributed by atoms with E-state index in [2.05, 4.69) is 21.7 Å². The highest BCUT2D eigenvalue weighted by atomic mass is 32.1. The molecule has 0 fully saturated rings. The number of rotatable bonds is 8. The van der Waals surface area contributed by atoms with Crippen LogP contribution in [0.15, 0.2) is 17.5 Å². The number of thiophene rings is 1. The highest BCUT2D eigenvalue weighted by Gasteiger charge is 2.17. The van der Waals surface area contributed by atoms with Gasteiger partial charge in [0.1, 0.15) is 0 Å². The third-order valence-corrected chi connectivity index (χ3v) is 3.74. The Bertz CT molecular complexity index is 340. The van der Waals surface area contributed by atoms with Crippen LogP contribution in [-0.4, -0.2) is 37.0 Å². The molecule has 0 saturated heterocycles. The molecule has 1 unspecified atom stereocenters. The van der Waals surface area contributed by atoms with Gasteiger partial charge in [-0.25, -0.2) is 0 Å². The average Bonchev–Trinajstić information content (AvgIpc) is 2.86. The molecule has 0 aromatic carbocycles. The average molecular weight is 269 g/mol. The van der Waals surface area contributed by atoms with E-state index in [-0.39, 0.29) is 11.9 Å². The summed E-state index contributed by atoms with van der Waals surface area (Å²) in [5.41, 5.74) is 5.76. The molecule has 0 aliphatic rings. The molecule has 1 atom stereocenters. The van der Waals surface area contributed by atoms with E-state index in [4.69, 9.17) is 5.73 Å². The van der Waals surface area contributed by atoms with Crippen molar-refractivity contribution < 1.29 is 4.79 Å². The van der Waals surface area contributed by atoms with E-state index < -0.39 is 0 Å². The number of likely N-dealkylation sites (N-methyl/N-ethyl adjacent to an activating group) is 1. The number of carbonyl (C=O) groups excluding carboxylic acids is 1. The van der Waals surface area contributed by atoms with Crippen LogP contribution in [0.2, 0.25) is 0 Å². The molecule has 1 amide bonds. The van der Waals surface area contributed by atoms with E-state index in [0.29, 0.717) is 13.0 Å².